The maximum Gasteiger partial charge on any atom is 0.160 e. The second kappa shape index (κ2) is 9.86. The Bertz CT molecular complexity index is 743. The fourth-order valence-electron chi connectivity index (χ4n) is 3.61. The number of hydrogen-bond donors (Lipinski definition) is 1. The summed E-state index contributed by atoms with van der Waals surface area (Å²) in [6, 6.07) is 13.1. The Balaban J connectivity index is 0.00000261. The van der Waals surface area contributed by atoms with E-state index in [1.807, 2.05) is 6.07 Å². The molecule has 4 nitrogen and oxygen atoms in total. The summed E-state index contributed by atoms with van der Waals surface area (Å²) in [7, 11) is 3.37. The van der Waals surface area contributed by atoms with Gasteiger partial charge in [-0.2, -0.15) is 0 Å². The van der Waals surface area contributed by atoms with Gasteiger partial charge in [0.15, 0.2) is 11.5 Å². The number of anilines is 1. The highest BCUT2D eigenvalue weighted by Crippen LogP contribution is 2.27. The van der Waals surface area contributed by atoms with E-state index >= 15 is 0 Å². The second-order valence-corrected chi connectivity index (χ2v) is 7.19. The molecule has 0 aliphatic carbocycles. The second-order valence-electron chi connectivity index (χ2n) is 7.19. The molecule has 3 rings (SSSR count). The summed E-state index contributed by atoms with van der Waals surface area (Å²) in [5, 5.41) is 0. The van der Waals surface area contributed by atoms with Gasteiger partial charge in [-0.25, -0.2) is 0 Å². The zero-order valence-corrected chi connectivity index (χ0v) is 17.7. The van der Waals surface area contributed by atoms with E-state index in [9.17, 15) is 0 Å². The number of methoxy groups -OCH3 is 2. The third kappa shape index (κ3) is 5.30. The van der Waals surface area contributed by atoms with E-state index in [2.05, 4.69) is 49.1 Å². The lowest BCUT2D eigenvalue weighted by atomic mass is 10.1. The van der Waals surface area contributed by atoms with Crippen LogP contribution in [0.1, 0.15) is 16.7 Å². The van der Waals surface area contributed by atoms with Gasteiger partial charge in [0.1, 0.15) is 0 Å². The van der Waals surface area contributed by atoms with E-state index < -0.39 is 0 Å². The van der Waals surface area contributed by atoms with Crippen molar-refractivity contribution in [1.82, 2.24) is 0 Å². The summed E-state index contributed by atoms with van der Waals surface area (Å²) < 4.78 is 10.7. The van der Waals surface area contributed by atoms with Gasteiger partial charge in [-0.3, -0.25) is 0 Å². The number of nitrogens with zero attached hydrogens (tertiary/aromatic N) is 1. The first kappa shape index (κ1) is 21.4. The van der Waals surface area contributed by atoms with Gasteiger partial charge in [0.2, 0.25) is 0 Å². The van der Waals surface area contributed by atoms with Gasteiger partial charge in [0.25, 0.3) is 0 Å². The normalized spacial score (nSPS) is 14.6. The molecular formula is C22H32ClN2O2+. The number of piperazine rings is 1. The van der Waals surface area contributed by atoms with Crippen molar-refractivity contribution in [2.45, 2.75) is 20.3 Å². The highest BCUT2D eigenvalue weighted by atomic mass is 35.5. The monoisotopic (exact) mass is 391 g/mol. The number of ether oxygens (including phenoxy) is 2. The molecule has 27 heavy (non-hydrogen) atoms. The molecule has 2 aromatic carbocycles. The van der Waals surface area contributed by atoms with Gasteiger partial charge < -0.3 is 19.3 Å². The summed E-state index contributed by atoms with van der Waals surface area (Å²) in [5.74, 6) is 1.62. The van der Waals surface area contributed by atoms with Crippen molar-refractivity contribution >= 4 is 18.1 Å². The molecule has 0 bridgehead atoms. The topological polar surface area (TPSA) is 26.1 Å². The van der Waals surface area contributed by atoms with Gasteiger partial charge in [-0.1, -0.05) is 12.1 Å². The van der Waals surface area contributed by atoms with E-state index in [0.717, 1.165) is 37.6 Å². The van der Waals surface area contributed by atoms with Gasteiger partial charge in [0, 0.05) is 12.1 Å². The third-order valence-electron chi connectivity index (χ3n) is 5.54. The molecule has 0 unspecified atom stereocenters. The lowest BCUT2D eigenvalue weighted by molar-refractivity contribution is -0.900. The predicted octanol–water partition coefficient (Wildman–Crippen LogP) is 2.69. The Labute approximate surface area is 169 Å². The molecule has 2 aromatic rings. The van der Waals surface area contributed by atoms with Crippen LogP contribution in [0.3, 0.4) is 0 Å². The summed E-state index contributed by atoms with van der Waals surface area (Å²) in [6.07, 6.45) is 1.07. The van der Waals surface area contributed by atoms with Gasteiger partial charge in [-0.15, -0.1) is 12.4 Å². The lowest BCUT2D eigenvalue weighted by Crippen LogP contribution is -3.15. The average Bonchev–Trinajstić information content (AvgIpc) is 2.68. The van der Waals surface area contributed by atoms with Crippen molar-refractivity contribution in [1.29, 1.82) is 0 Å². The minimum Gasteiger partial charge on any atom is -0.493 e. The highest BCUT2D eigenvalue weighted by molar-refractivity contribution is 5.85. The molecule has 0 spiro atoms. The SMILES string of the molecule is COc1ccc(CC[NH+]2CCN(c3ccc(C)c(C)c3)CC2)cc1OC.Cl. The van der Waals surface area contributed by atoms with Crippen molar-refractivity contribution in [3.63, 3.8) is 0 Å². The van der Waals surface area contributed by atoms with Crippen molar-refractivity contribution in [3.05, 3.63) is 53.1 Å². The van der Waals surface area contributed by atoms with Crippen LogP contribution in [-0.4, -0.2) is 46.9 Å². The fourth-order valence-corrected chi connectivity index (χ4v) is 3.61. The Morgan fingerprint density at radius 1 is 0.889 bits per heavy atom. The number of nitrogens with one attached hydrogen (secondary N) is 1. The quantitative estimate of drug-likeness (QED) is 0.820. The summed E-state index contributed by atoms with van der Waals surface area (Å²) in [4.78, 5) is 4.20. The molecule has 0 radical (unpaired) electrons. The molecule has 1 N–H and O–H groups in total. The van der Waals surface area contributed by atoms with Crippen LogP contribution in [0.25, 0.3) is 0 Å². The summed E-state index contributed by atoms with van der Waals surface area (Å²) in [6.45, 7) is 10.2. The first-order valence-electron chi connectivity index (χ1n) is 9.47. The number of rotatable bonds is 6. The molecule has 1 aliphatic rings. The van der Waals surface area contributed by atoms with E-state index in [4.69, 9.17) is 9.47 Å². The van der Waals surface area contributed by atoms with Crippen LogP contribution in [0, 0.1) is 13.8 Å². The van der Waals surface area contributed by atoms with Gasteiger partial charge in [-0.05, 0) is 54.8 Å². The van der Waals surface area contributed by atoms with Gasteiger partial charge in [0.05, 0.1) is 46.9 Å². The minimum atomic E-state index is 0. The number of halogens is 1. The number of aryl methyl sites for hydroxylation is 2. The van der Waals surface area contributed by atoms with Crippen molar-refractivity contribution in [3.8, 4) is 11.5 Å². The smallest absolute Gasteiger partial charge is 0.160 e. The van der Waals surface area contributed by atoms with Gasteiger partial charge >= 0.3 is 0 Å². The van der Waals surface area contributed by atoms with Crippen LogP contribution in [0.15, 0.2) is 36.4 Å². The largest absolute Gasteiger partial charge is 0.493 e. The maximum atomic E-state index is 5.41. The molecule has 0 saturated carbocycles. The number of hydrogen-bond acceptors (Lipinski definition) is 3. The fraction of sp³-hybridized carbons (Fsp3) is 0.455. The molecule has 0 atom stereocenters. The van der Waals surface area contributed by atoms with Crippen LogP contribution in [0.5, 0.6) is 11.5 Å². The van der Waals surface area contributed by atoms with E-state index in [-0.39, 0.29) is 12.4 Å². The first-order valence-corrected chi connectivity index (χ1v) is 9.47. The Morgan fingerprint density at radius 3 is 2.22 bits per heavy atom. The lowest BCUT2D eigenvalue weighted by Gasteiger charge is -2.34. The van der Waals surface area contributed by atoms with Crippen molar-refractivity contribution < 1.29 is 14.4 Å². The Hall–Kier alpha value is -1.91. The van der Waals surface area contributed by atoms with Crippen molar-refractivity contribution in [2.75, 3.05) is 51.8 Å². The molecular weight excluding hydrogens is 360 g/mol. The van der Waals surface area contributed by atoms with E-state index in [1.54, 1.807) is 19.1 Å². The van der Waals surface area contributed by atoms with E-state index in [1.165, 1.54) is 35.5 Å². The van der Waals surface area contributed by atoms with Crippen LogP contribution in [0.2, 0.25) is 0 Å². The summed E-state index contributed by atoms with van der Waals surface area (Å²) >= 11 is 0. The number of quaternary nitrogens is 1. The van der Waals surface area contributed by atoms with Crippen LogP contribution >= 0.6 is 12.4 Å². The standard InChI is InChI=1S/C22H30N2O2.ClH/c1-17-5-7-20(15-18(17)2)24-13-11-23(12-14-24)10-9-19-6-8-21(25-3)22(16-19)26-4;/h5-8,15-16H,9-14H2,1-4H3;1H/p+1. The Morgan fingerprint density at radius 2 is 1.59 bits per heavy atom. The zero-order chi connectivity index (χ0) is 18.5. The van der Waals surface area contributed by atoms with Crippen LogP contribution < -0.4 is 19.3 Å². The predicted molar refractivity (Wildman–Crippen MR) is 114 cm³/mol. The average molecular weight is 392 g/mol. The third-order valence-corrected chi connectivity index (χ3v) is 5.54. The minimum absolute atomic E-state index is 0. The van der Waals surface area contributed by atoms with Crippen molar-refractivity contribution in [2.24, 2.45) is 0 Å². The molecule has 0 aromatic heterocycles. The Kier molecular flexibility index (Phi) is 7.81. The molecule has 1 aliphatic heterocycles. The molecule has 5 heteroatoms. The zero-order valence-electron chi connectivity index (χ0n) is 16.9. The molecule has 0 amide bonds. The molecule has 148 valence electrons. The van der Waals surface area contributed by atoms with Crippen LogP contribution in [0.4, 0.5) is 5.69 Å². The van der Waals surface area contributed by atoms with Crippen LogP contribution in [-0.2, 0) is 6.42 Å². The summed E-state index contributed by atoms with van der Waals surface area (Å²) in [5.41, 5.74) is 5.43. The molecule has 1 fully saturated rings. The maximum absolute atomic E-state index is 5.41. The first-order chi connectivity index (χ1) is 12.6. The molecule has 1 heterocycles. The molecule has 1 saturated heterocycles. The van der Waals surface area contributed by atoms with E-state index in [0.29, 0.717) is 0 Å². The number of benzene rings is 2. The highest BCUT2D eigenvalue weighted by Gasteiger charge is 2.20.